The van der Waals surface area contributed by atoms with Crippen molar-refractivity contribution in [3.63, 3.8) is 0 Å². The Kier molecular flexibility index (Phi) is 13.6. The van der Waals surface area contributed by atoms with Gasteiger partial charge in [0.15, 0.2) is 0 Å². The number of carboxylic acids is 1. The Morgan fingerprint density at radius 3 is 1.05 bits per heavy atom. The summed E-state index contributed by atoms with van der Waals surface area (Å²) in [6, 6.07) is 0. The molecule has 5 N–H and O–H groups in total. The van der Waals surface area contributed by atoms with Crippen molar-refractivity contribution in [2.75, 3.05) is 0 Å². The predicted molar refractivity (Wildman–Crippen MR) is 155 cm³/mol. The lowest BCUT2D eigenvalue weighted by Crippen LogP contribution is -2.49. The molecule has 40 heavy (non-hydrogen) atoms. The number of aliphatic carboxylic acids is 1. The van der Waals surface area contributed by atoms with Gasteiger partial charge in [0.1, 0.15) is 5.60 Å². The Hall–Kier alpha value is -2.85. The molecule has 0 unspecified atom stereocenters. The molecule has 0 saturated heterocycles. The van der Waals surface area contributed by atoms with E-state index in [0.717, 1.165) is 0 Å². The third kappa shape index (κ3) is 19.2. The number of carbonyl (C=O) groups is 5. The number of alkyl carbamates (subject to hydrolysis) is 1. The smallest absolute Gasteiger partial charge is 0.408 e. The second-order valence-corrected chi connectivity index (χ2v) is 14.2. The zero-order valence-corrected chi connectivity index (χ0v) is 26.6. The van der Waals surface area contributed by atoms with Gasteiger partial charge in [0, 0.05) is 47.8 Å². The first-order valence-electron chi connectivity index (χ1n) is 14.0. The maximum absolute atomic E-state index is 12.6. The fourth-order valence-electron chi connectivity index (χ4n) is 3.85. The molecule has 0 heterocycles. The van der Waals surface area contributed by atoms with Crippen LogP contribution in [0.25, 0.3) is 0 Å². The molecule has 11 heteroatoms. The fraction of sp³-hybridized carbons (Fsp3) is 0.828. The molecule has 0 aliphatic carbocycles. The molecule has 0 saturated carbocycles. The van der Waals surface area contributed by atoms with Crippen molar-refractivity contribution in [1.29, 1.82) is 0 Å². The largest absolute Gasteiger partial charge is 0.481 e. The van der Waals surface area contributed by atoms with Gasteiger partial charge in [0.25, 0.3) is 0 Å². The van der Waals surface area contributed by atoms with Crippen LogP contribution in [-0.4, -0.2) is 62.6 Å². The average Bonchev–Trinajstić information content (AvgIpc) is 2.71. The highest BCUT2D eigenvalue weighted by atomic mass is 16.6. The van der Waals surface area contributed by atoms with Crippen molar-refractivity contribution in [3.05, 3.63) is 0 Å². The van der Waals surface area contributed by atoms with Crippen LogP contribution in [0.1, 0.15) is 128 Å². The van der Waals surface area contributed by atoms with Gasteiger partial charge in [-0.05, 0) is 102 Å². The monoisotopic (exact) mass is 570 g/mol. The molecule has 0 radical (unpaired) electrons. The van der Waals surface area contributed by atoms with E-state index in [4.69, 9.17) is 9.84 Å². The first-order chi connectivity index (χ1) is 17.8. The van der Waals surface area contributed by atoms with Gasteiger partial charge < -0.3 is 31.1 Å². The van der Waals surface area contributed by atoms with E-state index < -0.39 is 39.8 Å². The zero-order chi connectivity index (χ0) is 31.6. The maximum atomic E-state index is 12.6. The Morgan fingerprint density at radius 2 is 0.775 bits per heavy atom. The van der Waals surface area contributed by atoms with Crippen LogP contribution in [0, 0.1) is 0 Å². The van der Waals surface area contributed by atoms with Gasteiger partial charge in [0.05, 0.1) is 0 Å². The van der Waals surface area contributed by atoms with Gasteiger partial charge in [-0.2, -0.15) is 0 Å². The molecule has 0 atom stereocenters. The van der Waals surface area contributed by atoms with E-state index >= 15 is 0 Å². The van der Waals surface area contributed by atoms with Crippen molar-refractivity contribution >= 4 is 29.8 Å². The molecule has 11 nitrogen and oxygen atoms in total. The van der Waals surface area contributed by atoms with Crippen LogP contribution in [0.3, 0.4) is 0 Å². The van der Waals surface area contributed by atoms with Crippen LogP contribution in [0.5, 0.6) is 0 Å². The van der Waals surface area contributed by atoms with Gasteiger partial charge in [0.2, 0.25) is 17.7 Å². The molecule has 0 rings (SSSR count). The van der Waals surface area contributed by atoms with Crippen molar-refractivity contribution in [2.45, 2.75) is 155 Å². The van der Waals surface area contributed by atoms with E-state index in [-0.39, 0.29) is 43.4 Å². The number of carboxylic acid groups (broad SMARTS) is 1. The highest BCUT2D eigenvalue weighted by molar-refractivity contribution is 5.79. The lowest BCUT2D eigenvalue weighted by atomic mass is 9.94. The summed E-state index contributed by atoms with van der Waals surface area (Å²) < 4.78 is 5.29. The first kappa shape index (κ1) is 37.1. The normalized spacial score (nSPS) is 12.8. The topological polar surface area (TPSA) is 163 Å². The van der Waals surface area contributed by atoms with Crippen LogP contribution >= 0.6 is 0 Å². The number of hydrogen-bond donors (Lipinski definition) is 5. The summed E-state index contributed by atoms with van der Waals surface area (Å²) in [5, 5.41) is 20.4. The van der Waals surface area contributed by atoms with Crippen molar-refractivity contribution < 1.29 is 33.8 Å². The molecular formula is C29H54N4O7. The Labute approximate surface area is 240 Å². The quantitative estimate of drug-likeness (QED) is 0.186. The average molecular weight is 571 g/mol. The molecule has 0 aromatic carbocycles. The summed E-state index contributed by atoms with van der Waals surface area (Å²) in [6.07, 6.45) is 1.56. The van der Waals surface area contributed by atoms with Gasteiger partial charge >= 0.3 is 12.1 Å². The van der Waals surface area contributed by atoms with Crippen molar-refractivity contribution in [3.8, 4) is 0 Å². The summed E-state index contributed by atoms with van der Waals surface area (Å²) in [4.78, 5) is 60.5. The number of rotatable bonds is 16. The van der Waals surface area contributed by atoms with Crippen LogP contribution in [0.15, 0.2) is 0 Å². The van der Waals surface area contributed by atoms with Crippen LogP contribution in [0.2, 0.25) is 0 Å². The SMILES string of the molecule is CC(C)(CCC(=O)O)NC(=O)CCC(C)(C)NC(=O)CCC(C)(C)NC(=O)CCC(C)(C)NC(=O)OC(C)(C)C. The third-order valence-electron chi connectivity index (χ3n) is 6.17. The predicted octanol–water partition coefficient (Wildman–Crippen LogP) is 4.18. The number of hydrogen-bond acceptors (Lipinski definition) is 6. The molecule has 0 aromatic heterocycles. The van der Waals surface area contributed by atoms with Crippen LogP contribution in [0.4, 0.5) is 4.79 Å². The van der Waals surface area contributed by atoms with Gasteiger partial charge in [-0.1, -0.05) is 0 Å². The summed E-state index contributed by atoms with van der Waals surface area (Å²) in [5.74, 6) is -1.48. The number of nitrogens with one attached hydrogen (secondary N) is 4. The van der Waals surface area contributed by atoms with Gasteiger partial charge in [-0.25, -0.2) is 4.79 Å². The summed E-state index contributed by atoms with van der Waals surface area (Å²) in [6.45, 7) is 19.9. The minimum absolute atomic E-state index is 0.0328. The number of amides is 4. The van der Waals surface area contributed by atoms with E-state index in [9.17, 15) is 24.0 Å². The van der Waals surface area contributed by atoms with Crippen LogP contribution < -0.4 is 21.3 Å². The Morgan fingerprint density at radius 1 is 0.500 bits per heavy atom. The number of ether oxygens (including phenoxy) is 1. The van der Waals surface area contributed by atoms with E-state index in [1.807, 2.05) is 41.5 Å². The standard InChI is InChI=1S/C29H54N4O7/c1-25(2,3)40-24(39)33-29(10,11)18-14-22(36)31-27(6,7)16-12-20(34)30-26(4,5)17-13-21(35)32-28(8,9)19-15-23(37)38/h12-19H2,1-11H3,(H,30,34)(H,31,36)(H,32,35)(H,33,39)(H,37,38). The zero-order valence-electron chi connectivity index (χ0n) is 26.6. The summed E-state index contributed by atoms with van der Waals surface area (Å²) >= 11 is 0. The molecule has 4 amide bonds. The Balaban J connectivity index is 4.59. The molecule has 232 valence electrons. The molecule has 0 fully saturated rings. The van der Waals surface area contributed by atoms with Crippen molar-refractivity contribution in [2.24, 2.45) is 0 Å². The minimum atomic E-state index is -0.912. The van der Waals surface area contributed by atoms with Crippen LogP contribution in [-0.2, 0) is 23.9 Å². The lowest BCUT2D eigenvalue weighted by molar-refractivity contribution is -0.138. The van der Waals surface area contributed by atoms with Crippen molar-refractivity contribution in [1.82, 2.24) is 21.3 Å². The molecular weight excluding hydrogens is 516 g/mol. The highest BCUT2D eigenvalue weighted by Crippen LogP contribution is 2.18. The Bertz CT molecular complexity index is 903. The molecule has 0 bridgehead atoms. The molecule has 0 spiro atoms. The van der Waals surface area contributed by atoms with E-state index in [1.54, 1.807) is 34.6 Å². The summed E-state index contributed by atoms with van der Waals surface area (Å²) in [5.41, 5.74) is -3.13. The van der Waals surface area contributed by atoms with Gasteiger partial charge in [-0.15, -0.1) is 0 Å². The molecule has 0 aliphatic heterocycles. The van der Waals surface area contributed by atoms with Gasteiger partial charge in [-0.3, -0.25) is 19.2 Å². The molecule has 0 aromatic rings. The second-order valence-electron chi connectivity index (χ2n) is 14.2. The van der Waals surface area contributed by atoms with E-state index in [2.05, 4.69) is 21.3 Å². The molecule has 0 aliphatic rings. The lowest BCUT2D eigenvalue weighted by Gasteiger charge is -2.31. The highest BCUT2D eigenvalue weighted by Gasteiger charge is 2.29. The third-order valence-corrected chi connectivity index (χ3v) is 6.17. The number of carbonyl (C=O) groups excluding carboxylic acids is 4. The summed E-state index contributed by atoms with van der Waals surface area (Å²) in [7, 11) is 0. The van der Waals surface area contributed by atoms with E-state index in [0.29, 0.717) is 25.7 Å². The minimum Gasteiger partial charge on any atom is -0.481 e. The fourth-order valence-corrected chi connectivity index (χ4v) is 3.85. The first-order valence-corrected chi connectivity index (χ1v) is 14.0. The van der Waals surface area contributed by atoms with E-state index in [1.165, 1.54) is 0 Å². The maximum Gasteiger partial charge on any atom is 0.408 e. The second kappa shape index (κ2) is 14.7.